The van der Waals surface area contributed by atoms with Gasteiger partial charge in [-0.3, -0.25) is 9.59 Å². The zero-order valence-corrected chi connectivity index (χ0v) is 15.4. The van der Waals surface area contributed by atoms with Crippen LogP contribution in [0.3, 0.4) is 0 Å². The van der Waals surface area contributed by atoms with Gasteiger partial charge in [-0.2, -0.15) is 0 Å². The van der Waals surface area contributed by atoms with E-state index in [-0.39, 0.29) is 24.1 Å². The fourth-order valence-electron chi connectivity index (χ4n) is 2.47. The average Bonchev–Trinajstić information content (AvgIpc) is 2.62. The SMILES string of the molecule is CC(=O)N(CCC(=O)NCc1ccc(Cl)cc1)CCc1ccc(F)cc1. The van der Waals surface area contributed by atoms with Gasteiger partial charge in [0, 0.05) is 38.0 Å². The third-order valence-electron chi connectivity index (χ3n) is 4.04. The molecule has 0 heterocycles. The molecule has 0 saturated heterocycles. The second-order valence-electron chi connectivity index (χ2n) is 6.04. The summed E-state index contributed by atoms with van der Waals surface area (Å²) >= 11 is 5.83. The first-order valence-electron chi connectivity index (χ1n) is 8.45. The van der Waals surface area contributed by atoms with Crippen molar-refractivity contribution < 1.29 is 14.0 Å². The van der Waals surface area contributed by atoms with Crippen molar-refractivity contribution in [2.45, 2.75) is 26.3 Å². The zero-order chi connectivity index (χ0) is 18.9. The van der Waals surface area contributed by atoms with Crippen LogP contribution >= 0.6 is 11.6 Å². The minimum absolute atomic E-state index is 0.0855. The molecule has 1 N–H and O–H groups in total. The largest absolute Gasteiger partial charge is 0.352 e. The molecule has 2 rings (SSSR count). The molecular formula is C20H22ClFN2O2. The van der Waals surface area contributed by atoms with Crippen LogP contribution < -0.4 is 5.32 Å². The Morgan fingerprint density at radius 1 is 1.00 bits per heavy atom. The molecule has 0 aliphatic heterocycles. The summed E-state index contributed by atoms with van der Waals surface area (Å²) in [6, 6.07) is 13.5. The van der Waals surface area contributed by atoms with E-state index in [0.29, 0.717) is 31.1 Å². The molecule has 2 aromatic carbocycles. The van der Waals surface area contributed by atoms with Crippen LogP contribution in [0.25, 0.3) is 0 Å². The van der Waals surface area contributed by atoms with Gasteiger partial charge in [0.1, 0.15) is 5.82 Å². The standard InChI is InChI=1S/C20H22ClFN2O2/c1-15(25)24(12-10-16-4-8-19(22)9-5-16)13-11-20(26)23-14-17-2-6-18(21)7-3-17/h2-9H,10-14H2,1H3,(H,23,26). The van der Waals surface area contributed by atoms with E-state index >= 15 is 0 Å². The number of halogens is 2. The van der Waals surface area contributed by atoms with Crippen LogP contribution in [0.5, 0.6) is 0 Å². The Morgan fingerprint density at radius 2 is 1.62 bits per heavy atom. The topological polar surface area (TPSA) is 49.4 Å². The Balaban J connectivity index is 1.76. The van der Waals surface area contributed by atoms with E-state index in [4.69, 9.17) is 11.6 Å². The van der Waals surface area contributed by atoms with Crippen LogP contribution in [-0.2, 0) is 22.6 Å². The second kappa shape index (κ2) is 9.92. The molecule has 0 fully saturated rings. The van der Waals surface area contributed by atoms with Gasteiger partial charge in [-0.05, 0) is 41.8 Å². The Kier molecular flexibility index (Phi) is 7.60. The molecule has 0 bridgehead atoms. The molecule has 0 aliphatic rings. The Bertz CT molecular complexity index is 732. The predicted octanol–water partition coefficient (Wildman–Crippen LogP) is 3.58. The van der Waals surface area contributed by atoms with Crippen molar-refractivity contribution in [3.63, 3.8) is 0 Å². The average molecular weight is 377 g/mol. The summed E-state index contributed by atoms with van der Waals surface area (Å²) in [4.78, 5) is 25.4. The van der Waals surface area contributed by atoms with Gasteiger partial charge in [0.15, 0.2) is 0 Å². The lowest BCUT2D eigenvalue weighted by Gasteiger charge is -2.21. The molecule has 0 spiro atoms. The fraction of sp³-hybridized carbons (Fsp3) is 0.300. The molecule has 0 radical (unpaired) electrons. The van der Waals surface area contributed by atoms with Crippen LogP contribution in [0.4, 0.5) is 4.39 Å². The monoisotopic (exact) mass is 376 g/mol. The van der Waals surface area contributed by atoms with Crippen molar-refractivity contribution in [3.05, 3.63) is 70.5 Å². The Morgan fingerprint density at radius 3 is 2.23 bits per heavy atom. The number of benzene rings is 2. The number of amides is 2. The molecule has 4 nitrogen and oxygen atoms in total. The molecule has 0 saturated carbocycles. The fourth-order valence-corrected chi connectivity index (χ4v) is 2.60. The maximum Gasteiger partial charge on any atom is 0.222 e. The lowest BCUT2D eigenvalue weighted by atomic mass is 10.1. The number of hydrogen-bond acceptors (Lipinski definition) is 2. The smallest absolute Gasteiger partial charge is 0.222 e. The second-order valence-corrected chi connectivity index (χ2v) is 6.47. The van der Waals surface area contributed by atoms with Crippen molar-refractivity contribution in [2.24, 2.45) is 0 Å². The number of hydrogen-bond donors (Lipinski definition) is 1. The maximum atomic E-state index is 12.9. The van der Waals surface area contributed by atoms with Gasteiger partial charge in [-0.25, -0.2) is 4.39 Å². The Labute approximate surface area is 158 Å². The van der Waals surface area contributed by atoms with E-state index in [1.54, 1.807) is 29.2 Å². The number of rotatable bonds is 8. The highest BCUT2D eigenvalue weighted by Gasteiger charge is 2.11. The number of carbonyl (C=O) groups excluding carboxylic acids is 2. The molecule has 0 unspecified atom stereocenters. The lowest BCUT2D eigenvalue weighted by molar-refractivity contribution is -0.129. The van der Waals surface area contributed by atoms with Gasteiger partial charge < -0.3 is 10.2 Å². The lowest BCUT2D eigenvalue weighted by Crippen LogP contribution is -2.35. The molecule has 0 aliphatic carbocycles. The minimum atomic E-state index is -0.283. The third kappa shape index (κ3) is 6.84. The van der Waals surface area contributed by atoms with E-state index in [9.17, 15) is 14.0 Å². The molecule has 138 valence electrons. The minimum Gasteiger partial charge on any atom is -0.352 e. The summed E-state index contributed by atoms with van der Waals surface area (Å²) in [5.41, 5.74) is 1.91. The van der Waals surface area contributed by atoms with Gasteiger partial charge in [0.05, 0.1) is 0 Å². The van der Waals surface area contributed by atoms with Crippen molar-refractivity contribution in [1.29, 1.82) is 0 Å². The Hall–Kier alpha value is -2.40. The quantitative estimate of drug-likeness (QED) is 0.765. The summed E-state index contributed by atoms with van der Waals surface area (Å²) in [5.74, 6) is -0.486. The van der Waals surface area contributed by atoms with Gasteiger partial charge in [-0.1, -0.05) is 35.9 Å². The van der Waals surface area contributed by atoms with Crippen LogP contribution in [0, 0.1) is 5.82 Å². The molecule has 2 amide bonds. The molecule has 2 aromatic rings. The first-order chi connectivity index (χ1) is 12.4. The van der Waals surface area contributed by atoms with Gasteiger partial charge in [0.25, 0.3) is 0 Å². The highest BCUT2D eigenvalue weighted by molar-refractivity contribution is 6.30. The normalized spacial score (nSPS) is 10.4. The zero-order valence-electron chi connectivity index (χ0n) is 14.7. The molecule has 0 aromatic heterocycles. The molecular weight excluding hydrogens is 355 g/mol. The van der Waals surface area contributed by atoms with E-state index in [0.717, 1.165) is 11.1 Å². The van der Waals surface area contributed by atoms with Crippen LogP contribution in [-0.4, -0.2) is 29.8 Å². The molecule has 6 heteroatoms. The molecule has 26 heavy (non-hydrogen) atoms. The first-order valence-corrected chi connectivity index (χ1v) is 8.83. The van der Waals surface area contributed by atoms with Gasteiger partial charge >= 0.3 is 0 Å². The van der Waals surface area contributed by atoms with Crippen LogP contribution in [0.1, 0.15) is 24.5 Å². The van der Waals surface area contributed by atoms with Crippen LogP contribution in [0.2, 0.25) is 5.02 Å². The summed E-state index contributed by atoms with van der Waals surface area (Å²) in [6.45, 7) is 2.75. The van der Waals surface area contributed by atoms with E-state index < -0.39 is 0 Å². The van der Waals surface area contributed by atoms with Crippen molar-refractivity contribution in [3.8, 4) is 0 Å². The number of carbonyl (C=O) groups is 2. The molecule has 0 atom stereocenters. The van der Waals surface area contributed by atoms with Crippen molar-refractivity contribution in [2.75, 3.05) is 13.1 Å². The van der Waals surface area contributed by atoms with Gasteiger partial charge in [0.2, 0.25) is 11.8 Å². The van der Waals surface area contributed by atoms with E-state index in [1.165, 1.54) is 19.1 Å². The third-order valence-corrected chi connectivity index (χ3v) is 4.29. The highest BCUT2D eigenvalue weighted by Crippen LogP contribution is 2.09. The van der Waals surface area contributed by atoms with Gasteiger partial charge in [-0.15, -0.1) is 0 Å². The van der Waals surface area contributed by atoms with Crippen molar-refractivity contribution in [1.82, 2.24) is 10.2 Å². The first kappa shape index (κ1) is 19.9. The van der Waals surface area contributed by atoms with Crippen molar-refractivity contribution >= 4 is 23.4 Å². The highest BCUT2D eigenvalue weighted by atomic mass is 35.5. The predicted molar refractivity (Wildman–Crippen MR) is 100 cm³/mol. The summed E-state index contributed by atoms with van der Waals surface area (Å²) in [7, 11) is 0. The number of nitrogens with zero attached hydrogens (tertiary/aromatic N) is 1. The summed E-state index contributed by atoms with van der Waals surface area (Å²) in [6.07, 6.45) is 0.850. The van der Waals surface area contributed by atoms with E-state index in [2.05, 4.69) is 5.32 Å². The number of nitrogens with one attached hydrogen (secondary N) is 1. The summed E-state index contributed by atoms with van der Waals surface area (Å²) < 4.78 is 12.9. The summed E-state index contributed by atoms with van der Waals surface area (Å²) in [5, 5.41) is 3.48. The van der Waals surface area contributed by atoms with E-state index in [1.807, 2.05) is 12.1 Å². The maximum absolute atomic E-state index is 12.9. The van der Waals surface area contributed by atoms with Crippen LogP contribution in [0.15, 0.2) is 48.5 Å².